The summed E-state index contributed by atoms with van der Waals surface area (Å²) in [6.07, 6.45) is 1.34. The molecule has 0 radical (unpaired) electrons. The molecule has 6 N–H and O–H groups in total. The predicted octanol–water partition coefficient (Wildman–Crippen LogP) is 3.00. The number of nitrogens with two attached hydrogens (primary N) is 2. The highest BCUT2D eigenvalue weighted by Gasteiger charge is 2.35. The fourth-order valence-electron chi connectivity index (χ4n) is 4.16. The Hall–Kier alpha value is -3.98. The van der Waals surface area contributed by atoms with Crippen LogP contribution in [0.15, 0.2) is 42.6 Å². The highest BCUT2D eigenvalue weighted by Crippen LogP contribution is 2.35. The minimum absolute atomic E-state index is 0.0305. The van der Waals surface area contributed by atoms with Crippen molar-refractivity contribution in [3.05, 3.63) is 81.7 Å². The Morgan fingerprint density at radius 1 is 1.09 bits per heavy atom. The second-order valence-electron chi connectivity index (χ2n) is 7.94. The van der Waals surface area contributed by atoms with Gasteiger partial charge in [-0.1, -0.05) is 17.7 Å². The molecule has 0 saturated heterocycles. The lowest BCUT2D eigenvalue weighted by molar-refractivity contribution is 0.0914. The topological polar surface area (TPSA) is 153 Å². The number of anilines is 1. The molecule has 4 aromatic rings. The number of nitrogen functional groups attached to an aromatic ring is 1. The van der Waals surface area contributed by atoms with Crippen LogP contribution >= 0.6 is 11.6 Å². The molecule has 33 heavy (non-hydrogen) atoms. The number of carbonyl (C=O) groups excluding carboxylic acids is 2. The van der Waals surface area contributed by atoms with Gasteiger partial charge in [-0.2, -0.15) is 0 Å². The van der Waals surface area contributed by atoms with Crippen molar-refractivity contribution in [2.45, 2.75) is 26.3 Å². The van der Waals surface area contributed by atoms with E-state index in [0.29, 0.717) is 16.7 Å². The van der Waals surface area contributed by atoms with Crippen molar-refractivity contribution in [3.63, 3.8) is 0 Å². The monoisotopic (exact) mass is 463 g/mol. The Morgan fingerprint density at radius 2 is 1.85 bits per heavy atom. The Morgan fingerprint density at radius 3 is 2.52 bits per heavy atom. The number of carbonyl (C=O) groups is 2. The fraction of sp³-hybridized carbons (Fsp3) is 0.174. The molecule has 0 saturated carbocycles. The zero-order chi connectivity index (χ0) is 23.9. The van der Waals surface area contributed by atoms with Gasteiger partial charge in [0.1, 0.15) is 16.7 Å². The summed E-state index contributed by atoms with van der Waals surface area (Å²) >= 11 is 6.03. The number of pyridine rings is 2. The number of primary amides is 1. The van der Waals surface area contributed by atoms with Gasteiger partial charge in [0.25, 0.3) is 11.8 Å². The number of aryl methyl sites for hydroxylation is 2. The van der Waals surface area contributed by atoms with E-state index in [4.69, 9.17) is 23.1 Å². The zero-order valence-electron chi connectivity index (χ0n) is 18.2. The Kier molecular flexibility index (Phi) is 5.51. The Labute approximate surface area is 194 Å². The highest BCUT2D eigenvalue weighted by molar-refractivity contribution is 6.29. The third-order valence-corrected chi connectivity index (χ3v) is 5.77. The minimum atomic E-state index is -1.02. The number of amides is 2. The Bertz CT molecular complexity index is 1390. The number of nitrogens with zero attached hydrogens (tertiary/aromatic N) is 3. The zero-order valence-corrected chi connectivity index (χ0v) is 19.0. The number of fused-ring (bicyclic) bond motifs is 1. The average molecular weight is 464 g/mol. The molecule has 9 nitrogen and oxygen atoms in total. The summed E-state index contributed by atoms with van der Waals surface area (Å²) < 4.78 is 0. The van der Waals surface area contributed by atoms with Crippen molar-refractivity contribution in [1.29, 1.82) is 0 Å². The summed E-state index contributed by atoms with van der Waals surface area (Å²) in [6, 6.07) is 11.0. The van der Waals surface area contributed by atoms with Gasteiger partial charge in [-0.05, 0) is 62.2 Å². The second kappa shape index (κ2) is 8.18. The first-order valence-corrected chi connectivity index (χ1v) is 10.4. The van der Waals surface area contributed by atoms with Crippen molar-refractivity contribution in [2.75, 3.05) is 5.73 Å². The number of halogens is 1. The fourth-order valence-corrected chi connectivity index (χ4v) is 4.32. The molecule has 0 aliphatic carbocycles. The number of H-pyrrole nitrogens is 1. The molecule has 0 bridgehead atoms. The van der Waals surface area contributed by atoms with Crippen LogP contribution < -0.4 is 16.8 Å². The van der Waals surface area contributed by atoms with Crippen molar-refractivity contribution in [3.8, 4) is 0 Å². The van der Waals surface area contributed by atoms with E-state index >= 15 is 0 Å². The number of nitrogens with one attached hydrogen (secondary N) is 2. The van der Waals surface area contributed by atoms with Crippen LogP contribution in [0, 0.1) is 13.8 Å². The van der Waals surface area contributed by atoms with Crippen LogP contribution in [0.4, 0.5) is 5.82 Å². The van der Waals surface area contributed by atoms with Gasteiger partial charge in [0.05, 0.1) is 11.1 Å². The maximum Gasteiger partial charge on any atom is 0.284 e. The van der Waals surface area contributed by atoms with Gasteiger partial charge in [-0.15, -0.1) is 0 Å². The highest BCUT2D eigenvalue weighted by atomic mass is 35.5. The van der Waals surface area contributed by atoms with Crippen LogP contribution in [0.3, 0.4) is 0 Å². The number of imidazole rings is 1. The molecule has 4 rings (SSSR count). The Balaban J connectivity index is 1.88. The molecular weight excluding hydrogens is 442 g/mol. The first-order valence-electron chi connectivity index (χ1n) is 10.1. The first-order chi connectivity index (χ1) is 15.6. The van der Waals surface area contributed by atoms with Gasteiger partial charge in [0.2, 0.25) is 0 Å². The third kappa shape index (κ3) is 4.10. The number of aromatic amines is 1. The maximum absolute atomic E-state index is 13.2. The van der Waals surface area contributed by atoms with E-state index in [-0.39, 0.29) is 11.5 Å². The normalized spacial score (nSPS) is 13.0. The molecular formula is C23H22ClN7O2. The number of hydrogen-bond acceptors (Lipinski definition) is 6. The molecule has 1 aromatic carbocycles. The second-order valence-corrected chi connectivity index (χ2v) is 8.33. The van der Waals surface area contributed by atoms with E-state index in [9.17, 15) is 9.59 Å². The predicted molar refractivity (Wildman–Crippen MR) is 126 cm³/mol. The van der Waals surface area contributed by atoms with Crippen LogP contribution in [-0.4, -0.2) is 31.8 Å². The molecule has 168 valence electrons. The average Bonchev–Trinajstić information content (AvgIpc) is 3.23. The third-order valence-electron chi connectivity index (χ3n) is 5.56. The van der Waals surface area contributed by atoms with E-state index in [1.54, 1.807) is 12.1 Å². The summed E-state index contributed by atoms with van der Waals surface area (Å²) in [4.78, 5) is 40.0. The lowest BCUT2D eigenvalue weighted by atomic mass is 9.80. The summed E-state index contributed by atoms with van der Waals surface area (Å²) in [5.41, 5.74) is 14.0. The van der Waals surface area contributed by atoms with Gasteiger partial charge < -0.3 is 21.8 Å². The minimum Gasteiger partial charge on any atom is -0.384 e. The molecule has 0 aliphatic heterocycles. The lowest BCUT2D eigenvalue weighted by Crippen LogP contribution is -2.45. The van der Waals surface area contributed by atoms with Crippen LogP contribution in [0.2, 0.25) is 5.15 Å². The standard InChI is InChI=1S/C23H22ClN7O2/c1-11-8-18(25)28-12(2)19(11)23(3,31-22(33)16-10-27-21(30-16)20(26)32)14-5-6-15-13(9-14)4-7-17(24)29-15/h4-10H,1-3H3,(H2,25,28)(H2,26,32)(H,27,30)(H,31,33). The lowest BCUT2D eigenvalue weighted by Gasteiger charge is -2.34. The molecule has 2 amide bonds. The smallest absolute Gasteiger partial charge is 0.284 e. The molecule has 3 aromatic heterocycles. The number of rotatable bonds is 5. The quantitative estimate of drug-likeness (QED) is 0.334. The van der Waals surface area contributed by atoms with E-state index in [2.05, 4.69) is 25.3 Å². The summed E-state index contributed by atoms with van der Waals surface area (Å²) in [7, 11) is 0. The van der Waals surface area contributed by atoms with Crippen LogP contribution in [0.5, 0.6) is 0 Å². The maximum atomic E-state index is 13.2. The van der Waals surface area contributed by atoms with Gasteiger partial charge in [-0.3, -0.25) is 9.59 Å². The number of hydrogen-bond donors (Lipinski definition) is 4. The molecule has 0 spiro atoms. The van der Waals surface area contributed by atoms with E-state index in [0.717, 1.165) is 27.6 Å². The van der Waals surface area contributed by atoms with Crippen molar-refractivity contribution in [2.24, 2.45) is 5.73 Å². The van der Waals surface area contributed by atoms with E-state index in [1.165, 1.54) is 6.20 Å². The molecule has 3 heterocycles. The molecule has 1 atom stereocenters. The molecule has 0 fully saturated rings. The molecule has 10 heteroatoms. The van der Waals surface area contributed by atoms with Gasteiger partial charge in [0, 0.05) is 22.8 Å². The largest absolute Gasteiger partial charge is 0.384 e. The SMILES string of the molecule is Cc1cc(N)nc(C)c1C(C)(NC(=O)c1c[nH]c(C(N)=O)n1)c1ccc2nc(Cl)ccc2c1. The van der Waals surface area contributed by atoms with Crippen molar-refractivity contribution >= 4 is 40.1 Å². The number of benzene rings is 1. The molecule has 0 aliphatic rings. The van der Waals surface area contributed by atoms with Crippen LogP contribution in [0.25, 0.3) is 10.9 Å². The summed E-state index contributed by atoms with van der Waals surface area (Å²) in [5, 5.41) is 4.32. The van der Waals surface area contributed by atoms with E-state index < -0.39 is 17.4 Å². The van der Waals surface area contributed by atoms with Crippen LogP contribution in [0.1, 0.15) is 50.4 Å². The number of aromatic nitrogens is 4. The first kappa shape index (κ1) is 22.2. The van der Waals surface area contributed by atoms with Crippen LogP contribution in [-0.2, 0) is 5.54 Å². The van der Waals surface area contributed by atoms with Crippen molar-refractivity contribution < 1.29 is 9.59 Å². The molecule has 1 unspecified atom stereocenters. The van der Waals surface area contributed by atoms with Gasteiger partial charge in [0.15, 0.2) is 5.82 Å². The van der Waals surface area contributed by atoms with Gasteiger partial charge in [-0.25, -0.2) is 15.0 Å². The summed E-state index contributed by atoms with van der Waals surface area (Å²) in [6.45, 7) is 5.63. The van der Waals surface area contributed by atoms with Crippen molar-refractivity contribution in [1.82, 2.24) is 25.3 Å². The summed E-state index contributed by atoms with van der Waals surface area (Å²) in [5.74, 6) is -0.965. The van der Waals surface area contributed by atoms with Gasteiger partial charge >= 0.3 is 0 Å². The van der Waals surface area contributed by atoms with E-state index in [1.807, 2.05) is 45.0 Å².